The number of benzene rings is 3. The largest absolute Gasteiger partial charge is 0.0693 e. The van der Waals surface area contributed by atoms with Crippen molar-refractivity contribution in [2.45, 2.75) is 25.7 Å². The van der Waals surface area contributed by atoms with Crippen LogP contribution in [0.4, 0.5) is 0 Å². The summed E-state index contributed by atoms with van der Waals surface area (Å²) in [5.74, 6) is 0. The molecule has 102 valence electrons. The predicted octanol–water partition coefficient (Wildman–Crippen LogP) is 6.02. The van der Waals surface area contributed by atoms with Crippen LogP contribution in [0.1, 0.15) is 5.56 Å². The van der Waals surface area contributed by atoms with E-state index in [4.69, 9.17) is 0 Å². The van der Waals surface area contributed by atoms with Crippen LogP contribution >= 0.6 is 22.6 Å². The Morgan fingerprint density at radius 3 is 1.75 bits per heavy atom. The molecule has 0 atom stereocenters. The zero-order valence-electron chi connectivity index (χ0n) is 12.2. The quantitative estimate of drug-likeness (QED) is 0.285. The van der Waals surface area contributed by atoms with Crippen molar-refractivity contribution in [3.8, 4) is 0 Å². The second kappa shape index (κ2) is 5.15. The van der Waals surface area contributed by atoms with Crippen molar-refractivity contribution >= 4 is 52.2 Å². The molecule has 0 aliphatic rings. The van der Waals surface area contributed by atoms with Gasteiger partial charge in [0.25, 0.3) is 0 Å². The molecule has 0 N–H and O–H groups in total. The van der Waals surface area contributed by atoms with E-state index in [0.29, 0.717) is 0 Å². The van der Waals surface area contributed by atoms with E-state index in [0.717, 1.165) is 0 Å². The molecule has 0 aliphatic heterocycles. The first-order valence-corrected chi connectivity index (χ1v) is 11.8. The van der Waals surface area contributed by atoms with Gasteiger partial charge in [0.1, 0.15) is 0 Å². The molecule has 2 heteroatoms. The second-order valence-corrected chi connectivity index (χ2v) is 13.2. The number of hydrogen-bond acceptors (Lipinski definition) is 0. The maximum Gasteiger partial charge on any atom is 0.0487 e. The SMILES string of the molecule is C[Si](C)(C)Cc1c(I)c2ccccc2c2ccccc12. The number of fused-ring (bicyclic) bond motifs is 3. The van der Waals surface area contributed by atoms with E-state index in [9.17, 15) is 0 Å². The monoisotopic (exact) mass is 390 g/mol. The summed E-state index contributed by atoms with van der Waals surface area (Å²) in [7, 11) is -1.14. The highest BCUT2D eigenvalue weighted by atomic mass is 127. The lowest BCUT2D eigenvalue weighted by molar-refractivity contribution is 1.33. The van der Waals surface area contributed by atoms with Gasteiger partial charge in [0, 0.05) is 11.6 Å². The van der Waals surface area contributed by atoms with Gasteiger partial charge in [-0.3, -0.25) is 0 Å². The molecule has 0 fully saturated rings. The van der Waals surface area contributed by atoms with Gasteiger partial charge in [-0.15, -0.1) is 0 Å². The van der Waals surface area contributed by atoms with Crippen molar-refractivity contribution in [1.82, 2.24) is 0 Å². The fourth-order valence-corrected chi connectivity index (χ4v) is 5.61. The third-order valence-electron chi connectivity index (χ3n) is 3.68. The maximum atomic E-state index is 2.55. The van der Waals surface area contributed by atoms with Crippen LogP contribution in [-0.4, -0.2) is 8.07 Å². The van der Waals surface area contributed by atoms with E-state index in [1.807, 2.05) is 0 Å². The first-order chi connectivity index (χ1) is 9.47. The van der Waals surface area contributed by atoms with E-state index in [1.54, 1.807) is 5.56 Å². The van der Waals surface area contributed by atoms with Crippen molar-refractivity contribution in [2.24, 2.45) is 0 Å². The van der Waals surface area contributed by atoms with Crippen LogP contribution in [0.15, 0.2) is 48.5 Å². The van der Waals surface area contributed by atoms with Crippen LogP contribution in [0.25, 0.3) is 21.5 Å². The van der Waals surface area contributed by atoms with Crippen LogP contribution in [0.5, 0.6) is 0 Å². The minimum Gasteiger partial charge on any atom is -0.0693 e. The second-order valence-electron chi connectivity index (χ2n) is 6.62. The Bertz CT molecular complexity index is 784. The summed E-state index contributed by atoms with van der Waals surface area (Å²) >= 11 is 2.55. The Morgan fingerprint density at radius 2 is 1.20 bits per heavy atom. The van der Waals surface area contributed by atoms with Crippen LogP contribution in [-0.2, 0) is 6.04 Å². The summed E-state index contributed by atoms with van der Waals surface area (Å²) in [5.41, 5.74) is 1.55. The van der Waals surface area contributed by atoms with E-state index < -0.39 is 8.07 Å². The Morgan fingerprint density at radius 1 is 0.750 bits per heavy atom. The molecule has 3 rings (SSSR count). The normalized spacial score (nSPS) is 12.2. The zero-order valence-corrected chi connectivity index (χ0v) is 15.4. The lowest BCUT2D eigenvalue weighted by atomic mass is 9.98. The molecule has 0 saturated carbocycles. The minimum absolute atomic E-state index is 1.14. The molecule has 0 aromatic heterocycles. The van der Waals surface area contributed by atoms with Gasteiger partial charge in [0.2, 0.25) is 0 Å². The molecule has 0 heterocycles. The molecule has 0 aliphatic carbocycles. The Kier molecular flexibility index (Phi) is 3.63. The summed E-state index contributed by atoms with van der Waals surface area (Å²) in [6.45, 7) is 7.35. The molecular weight excluding hydrogens is 371 g/mol. The number of hydrogen-bond donors (Lipinski definition) is 0. The standard InChI is InChI=1S/C18H19ISi/c1-20(2,3)12-17-15-10-5-4-8-13(15)14-9-6-7-11-16(14)18(17)19/h4-11H,12H2,1-3H3. The maximum absolute atomic E-state index is 2.55. The van der Waals surface area contributed by atoms with Gasteiger partial charge >= 0.3 is 0 Å². The zero-order chi connectivity index (χ0) is 14.3. The van der Waals surface area contributed by atoms with E-state index in [2.05, 4.69) is 90.8 Å². The molecule has 0 amide bonds. The van der Waals surface area contributed by atoms with Gasteiger partial charge in [-0.25, -0.2) is 0 Å². The average molecular weight is 390 g/mol. The summed E-state index contributed by atoms with van der Waals surface area (Å²) in [5, 5.41) is 5.63. The van der Waals surface area contributed by atoms with Crippen LogP contribution in [0.3, 0.4) is 0 Å². The number of rotatable bonds is 2. The first-order valence-electron chi connectivity index (χ1n) is 7.05. The van der Waals surface area contributed by atoms with E-state index >= 15 is 0 Å². The molecule has 20 heavy (non-hydrogen) atoms. The fourth-order valence-electron chi connectivity index (χ4n) is 2.87. The smallest absolute Gasteiger partial charge is 0.0487 e. The van der Waals surface area contributed by atoms with Crippen LogP contribution in [0.2, 0.25) is 19.6 Å². The van der Waals surface area contributed by atoms with E-state index in [1.165, 1.54) is 31.2 Å². The van der Waals surface area contributed by atoms with Crippen molar-refractivity contribution in [3.63, 3.8) is 0 Å². The minimum atomic E-state index is -1.14. The van der Waals surface area contributed by atoms with Crippen molar-refractivity contribution in [1.29, 1.82) is 0 Å². The Balaban J connectivity index is 2.44. The lowest BCUT2D eigenvalue weighted by Crippen LogP contribution is -2.24. The summed E-state index contributed by atoms with van der Waals surface area (Å²) < 4.78 is 1.44. The van der Waals surface area contributed by atoms with Crippen LogP contribution < -0.4 is 0 Å². The Labute approximate surface area is 135 Å². The molecule has 0 saturated heterocycles. The van der Waals surface area contributed by atoms with Crippen molar-refractivity contribution in [3.05, 3.63) is 57.7 Å². The van der Waals surface area contributed by atoms with Gasteiger partial charge < -0.3 is 0 Å². The van der Waals surface area contributed by atoms with Crippen molar-refractivity contribution < 1.29 is 0 Å². The van der Waals surface area contributed by atoms with E-state index in [-0.39, 0.29) is 0 Å². The summed E-state index contributed by atoms with van der Waals surface area (Å²) in [6, 6.07) is 18.9. The molecule has 0 nitrogen and oxygen atoms in total. The average Bonchev–Trinajstić information content (AvgIpc) is 2.42. The third kappa shape index (κ3) is 2.51. The molecule has 0 radical (unpaired) electrons. The lowest BCUT2D eigenvalue weighted by Gasteiger charge is -2.20. The Hall–Kier alpha value is -0.873. The van der Waals surface area contributed by atoms with Gasteiger partial charge in [0.05, 0.1) is 0 Å². The van der Waals surface area contributed by atoms with Gasteiger partial charge in [-0.1, -0.05) is 68.2 Å². The highest BCUT2D eigenvalue weighted by molar-refractivity contribution is 14.1. The van der Waals surface area contributed by atoms with Crippen LogP contribution in [0, 0.1) is 3.57 Å². The third-order valence-corrected chi connectivity index (χ3v) is 6.32. The summed E-state index contributed by atoms with van der Waals surface area (Å²) in [4.78, 5) is 0. The molecule has 3 aromatic carbocycles. The topological polar surface area (TPSA) is 0 Å². The van der Waals surface area contributed by atoms with Gasteiger partial charge in [-0.05, 0) is 55.7 Å². The van der Waals surface area contributed by atoms with Crippen molar-refractivity contribution in [2.75, 3.05) is 0 Å². The molecular formula is C18H19ISi. The predicted molar refractivity (Wildman–Crippen MR) is 101 cm³/mol. The highest BCUT2D eigenvalue weighted by Gasteiger charge is 2.19. The highest BCUT2D eigenvalue weighted by Crippen LogP contribution is 2.35. The molecule has 0 spiro atoms. The molecule has 0 unspecified atom stereocenters. The fraction of sp³-hybridized carbons (Fsp3) is 0.222. The van der Waals surface area contributed by atoms with Gasteiger partial charge in [0.15, 0.2) is 0 Å². The first kappa shape index (κ1) is 14.1. The van der Waals surface area contributed by atoms with Gasteiger partial charge in [-0.2, -0.15) is 0 Å². The molecule has 3 aromatic rings. The number of halogens is 1. The summed E-state index contributed by atoms with van der Waals surface area (Å²) in [6.07, 6.45) is 0. The molecule has 0 bridgehead atoms.